The Morgan fingerprint density at radius 3 is 2.00 bits per heavy atom. The molecule has 1 heterocycles. The zero-order valence-corrected chi connectivity index (χ0v) is 17.6. The van der Waals surface area contributed by atoms with Gasteiger partial charge in [0, 0.05) is 11.1 Å². The fourth-order valence-electron chi connectivity index (χ4n) is 4.01. The first kappa shape index (κ1) is 22.5. The number of methoxy groups -OCH3 is 1. The highest BCUT2D eigenvalue weighted by atomic mass is 19.4. The lowest BCUT2D eigenvalue weighted by atomic mass is 9.89. The van der Waals surface area contributed by atoms with Crippen molar-refractivity contribution < 1.29 is 27.5 Å². The van der Waals surface area contributed by atoms with Gasteiger partial charge in [-0.15, -0.1) is 0 Å². The van der Waals surface area contributed by atoms with Gasteiger partial charge in [-0.2, -0.15) is 13.2 Å². The molecule has 168 valence electrons. The van der Waals surface area contributed by atoms with Crippen LogP contribution in [0.3, 0.4) is 0 Å². The minimum Gasteiger partial charge on any atom is -0.467 e. The first-order chi connectivity index (χ1) is 15.8. The van der Waals surface area contributed by atoms with Gasteiger partial charge in [-0.1, -0.05) is 72.8 Å². The van der Waals surface area contributed by atoms with Crippen molar-refractivity contribution in [3.05, 3.63) is 119 Å². The van der Waals surface area contributed by atoms with Crippen molar-refractivity contribution in [1.29, 1.82) is 0 Å². The number of rotatable bonds is 5. The summed E-state index contributed by atoms with van der Waals surface area (Å²) in [5.74, 6) is -0.976. The van der Waals surface area contributed by atoms with E-state index in [0.29, 0.717) is 16.7 Å². The van der Waals surface area contributed by atoms with E-state index in [1.165, 1.54) is 25.3 Å². The van der Waals surface area contributed by atoms with Gasteiger partial charge in [-0.25, -0.2) is 4.79 Å². The SMILES string of the molecule is COC(=O)[C@@]1(c2ccccc2)C=C(C(=O)c2ccccc2)[C@H](c2ccc(C(F)(F)F)cc2)N1. The summed E-state index contributed by atoms with van der Waals surface area (Å²) in [5.41, 5.74) is -0.675. The van der Waals surface area contributed by atoms with Crippen molar-refractivity contribution in [2.24, 2.45) is 0 Å². The molecule has 1 N–H and O–H groups in total. The minimum atomic E-state index is -4.49. The molecule has 7 heteroatoms. The van der Waals surface area contributed by atoms with E-state index < -0.39 is 29.3 Å². The number of alkyl halides is 3. The number of hydrogen-bond acceptors (Lipinski definition) is 4. The third-order valence-corrected chi connectivity index (χ3v) is 5.66. The molecule has 3 aromatic carbocycles. The molecule has 3 aromatic rings. The quantitative estimate of drug-likeness (QED) is 0.427. The van der Waals surface area contributed by atoms with E-state index in [9.17, 15) is 22.8 Å². The van der Waals surface area contributed by atoms with E-state index >= 15 is 0 Å². The smallest absolute Gasteiger partial charge is 0.416 e. The average Bonchev–Trinajstić information content (AvgIpc) is 3.26. The number of Topliss-reactive ketones (excluding diaryl/α,β-unsaturated/α-hetero) is 1. The van der Waals surface area contributed by atoms with E-state index in [1.807, 2.05) is 0 Å². The Hall–Kier alpha value is -3.71. The summed E-state index contributed by atoms with van der Waals surface area (Å²) in [4.78, 5) is 26.5. The average molecular weight is 451 g/mol. The number of carbonyl (C=O) groups excluding carboxylic acids is 2. The second-order valence-corrected chi connectivity index (χ2v) is 7.66. The van der Waals surface area contributed by atoms with Crippen LogP contribution in [-0.2, 0) is 21.2 Å². The molecule has 0 amide bonds. The lowest BCUT2D eigenvalue weighted by molar-refractivity contribution is -0.146. The predicted octanol–water partition coefficient (Wildman–Crippen LogP) is 5.23. The number of benzene rings is 3. The van der Waals surface area contributed by atoms with Gasteiger partial charge in [0.05, 0.1) is 18.7 Å². The molecule has 1 aliphatic heterocycles. The molecule has 0 saturated heterocycles. The Morgan fingerprint density at radius 2 is 1.45 bits per heavy atom. The maximum Gasteiger partial charge on any atom is 0.416 e. The van der Waals surface area contributed by atoms with Gasteiger partial charge in [0.15, 0.2) is 11.3 Å². The van der Waals surface area contributed by atoms with Gasteiger partial charge < -0.3 is 4.74 Å². The molecule has 4 nitrogen and oxygen atoms in total. The summed E-state index contributed by atoms with van der Waals surface area (Å²) in [6.45, 7) is 0. The van der Waals surface area contributed by atoms with E-state index in [2.05, 4.69) is 5.32 Å². The second kappa shape index (κ2) is 8.67. The topological polar surface area (TPSA) is 55.4 Å². The van der Waals surface area contributed by atoms with Crippen LogP contribution in [0, 0.1) is 0 Å². The normalized spacial score (nSPS) is 20.2. The summed E-state index contributed by atoms with van der Waals surface area (Å²) in [5, 5.41) is 3.18. The summed E-state index contributed by atoms with van der Waals surface area (Å²) in [6, 6.07) is 20.9. The van der Waals surface area contributed by atoms with Crippen molar-refractivity contribution in [2.75, 3.05) is 7.11 Å². The molecule has 0 fully saturated rings. The van der Waals surface area contributed by atoms with Gasteiger partial charge in [0.1, 0.15) is 0 Å². The van der Waals surface area contributed by atoms with Gasteiger partial charge >= 0.3 is 12.1 Å². The molecule has 4 rings (SSSR count). The standard InChI is InChI=1S/C26H20F3NO3/c1-33-24(32)25(19-10-6-3-7-11-19)16-21(23(31)18-8-4-2-5-9-18)22(30-25)17-12-14-20(15-13-17)26(27,28)29/h2-16,22,30H,1H3/t22-,25-/m0/s1. The number of carbonyl (C=O) groups is 2. The summed E-state index contributed by atoms with van der Waals surface area (Å²) < 4.78 is 44.3. The van der Waals surface area contributed by atoms with Crippen LogP contribution < -0.4 is 5.32 Å². The van der Waals surface area contributed by atoms with Crippen molar-refractivity contribution >= 4 is 11.8 Å². The fourth-order valence-corrected chi connectivity index (χ4v) is 4.01. The second-order valence-electron chi connectivity index (χ2n) is 7.66. The van der Waals surface area contributed by atoms with Gasteiger partial charge in [0.2, 0.25) is 0 Å². The van der Waals surface area contributed by atoms with Crippen LogP contribution in [0.25, 0.3) is 0 Å². The zero-order valence-electron chi connectivity index (χ0n) is 17.6. The maximum atomic E-state index is 13.4. The number of esters is 1. The Kier molecular flexibility index (Phi) is 5.91. The fraction of sp³-hybridized carbons (Fsp3) is 0.154. The van der Waals surface area contributed by atoms with Crippen molar-refractivity contribution in [1.82, 2.24) is 5.32 Å². The molecule has 0 bridgehead atoms. The third kappa shape index (κ3) is 4.19. The summed E-state index contributed by atoms with van der Waals surface area (Å²) >= 11 is 0. The molecular weight excluding hydrogens is 431 g/mol. The van der Waals surface area contributed by atoms with Crippen LogP contribution in [-0.4, -0.2) is 18.9 Å². The Balaban J connectivity index is 1.86. The largest absolute Gasteiger partial charge is 0.467 e. The van der Waals surface area contributed by atoms with Crippen molar-refractivity contribution in [2.45, 2.75) is 17.8 Å². The number of ketones is 1. The molecule has 0 saturated carbocycles. The predicted molar refractivity (Wildman–Crippen MR) is 116 cm³/mol. The van der Waals surface area contributed by atoms with Gasteiger partial charge in [-0.05, 0) is 29.3 Å². The third-order valence-electron chi connectivity index (χ3n) is 5.66. The van der Waals surface area contributed by atoms with Crippen LogP contribution in [0.1, 0.15) is 33.1 Å². The highest BCUT2D eigenvalue weighted by molar-refractivity contribution is 6.11. The molecule has 0 aliphatic carbocycles. The first-order valence-corrected chi connectivity index (χ1v) is 10.2. The molecule has 1 aliphatic rings. The van der Waals surface area contributed by atoms with Crippen molar-refractivity contribution in [3.8, 4) is 0 Å². The number of hydrogen-bond donors (Lipinski definition) is 1. The van der Waals surface area contributed by atoms with Gasteiger partial charge in [-0.3, -0.25) is 10.1 Å². The van der Waals surface area contributed by atoms with E-state index in [0.717, 1.165) is 12.1 Å². The van der Waals surface area contributed by atoms with Crippen LogP contribution in [0.2, 0.25) is 0 Å². The molecule has 0 spiro atoms. The van der Waals surface area contributed by atoms with Gasteiger partial charge in [0.25, 0.3) is 0 Å². The summed E-state index contributed by atoms with van der Waals surface area (Å²) in [7, 11) is 1.24. The van der Waals surface area contributed by atoms with Crippen LogP contribution in [0.4, 0.5) is 13.2 Å². The molecule has 0 aromatic heterocycles. The maximum absolute atomic E-state index is 13.4. The highest BCUT2D eigenvalue weighted by Gasteiger charge is 2.48. The van der Waals surface area contributed by atoms with Crippen LogP contribution in [0.5, 0.6) is 0 Å². The zero-order chi connectivity index (χ0) is 23.6. The van der Waals surface area contributed by atoms with Crippen molar-refractivity contribution in [3.63, 3.8) is 0 Å². The number of ether oxygens (including phenoxy) is 1. The van der Waals surface area contributed by atoms with Crippen LogP contribution >= 0.6 is 0 Å². The van der Waals surface area contributed by atoms with E-state index in [-0.39, 0.29) is 11.4 Å². The first-order valence-electron chi connectivity index (χ1n) is 10.2. The van der Waals surface area contributed by atoms with E-state index in [4.69, 9.17) is 4.74 Å². The highest BCUT2D eigenvalue weighted by Crippen LogP contribution is 2.41. The molecular formula is C26H20F3NO3. The lowest BCUT2D eigenvalue weighted by Crippen LogP contribution is -2.46. The summed E-state index contributed by atoms with van der Waals surface area (Å²) in [6.07, 6.45) is -2.97. The molecule has 33 heavy (non-hydrogen) atoms. The van der Waals surface area contributed by atoms with E-state index in [1.54, 1.807) is 60.7 Å². The Bertz CT molecular complexity index is 1190. The number of nitrogens with one attached hydrogen (secondary N) is 1. The minimum absolute atomic E-state index is 0.246. The molecule has 0 unspecified atom stereocenters. The number of halogens is 3. The monoisotopic (exact) mass is 451 g/mol. The molecule has 2 atom stereocenters. The Morgan fingerprint density at radius 1 is 0.879 bits per heavy atom. The van der Waals surface area contributed by atoms with Crippen LogP contribution in [0.15, 0.2) is 96.6 Å². The molecule has 0 radical (unpaired) electrons. The lowest BCUT2D eigenvalue weighted by Gasteiger charge is -2.28. The Labute approximate surface area is 188 Å².